The molecule has 1 atom stereocenters. The zero-order valence-corrected chi connectivity index (χ0v) is 10.1. The summed E-state index contributed by atoms with van der Waals surface area (Å²) in [6.07, 6.45) is 2.86. The summed E-state index contributed by atoms with van der Waals surface area (Å²) in [5.41, 5.74) is 2.38. The quantitative estimate of drug-likeness (QED) is 0.744. The van der Waals surface area contributed by atoms with E-state index in [-0.39, 0.29) is 0 Å². The van der Waals surface area contributed by atoms with Crippen molar-refractivity contribution < 1.29 is 0 Å². The molecule has 1 aromatic heterocycles. The van der Waals surface area contributed by atoms with Crippen LogP contribution in [-0.4, -0.2) is 15.7 Å². The van der Waals surface area contributed by atoms with Gasteiger partial charge in [-0.25, -0.2) is 0 Å². The van der Waals surface area contributed by atoms with Gasteiger partial charge in [-0.2, -0.15) is 5.10 Å². The molecule has 1 unspecified atom stereocenters. The Morgan fingerprint density at radius 2 is 2.00 bits per heavy atom. The van der Waals surface area contributed by atoms with Crippen LogP contribution in [0.5, 0.6) is 0 Å². The Morgan fingerprint density at radius 3 is 2.56 bits per heavy atom. The Hall–Kier alpha value is -1.28. The van der Waals surface area contributed by atoms with Gasteiger partial charge in [0.25, 0.3) is 0 Å². The molecule has 0 aliphatic heterocycles. The summed E-state index contributed by atoms with van der Waals surface area (Å²) in [6, 6.07) is 12.4. The van der Waals surface area contributed by atoms with Gasteiger partial charge < -0.3 is 0 Å². The van der Waals surface area contributed by atoms with Gasteiger partial charge in [-0.15, -0.1) is 11.6 Å². The van der Waals surface area contributed by atoms with Crippen molar-refractivity contribution in [1.82, 2.24) is 9.78 Å². The third kappa shape index (κ3) is 2.64. The molecule has 3 heteroatoms. The van der Waals surface area contributed by atoms with Crippen molar-refractivity contribution in [3.63, 3.8) is 0 Å². The lowest BCUT2D eigenvalue weighted by Gasteiger charge is -2.12. The first kappa shape index (κ1) is 11.2. The van der Waals surface area contributed by atoms with E-state index in [1.165, 1.54) is 5.56 Å². The molecule has 0 radical (unpaired) electrons. The summed E-state index contributed by atoms with van der Waals surface area (Å²) < 4.78 is 1.83. The van der Waals surface area contributed by atoms with Gasteiger partial charge in [0.1, 0.15) is 0 Å². The number of benzene rings is 1. The average molecular weight is 235 g/mol. The fraction of sp³-hybridized carbons (Fsp3) is 0.308. The maximum Gasteiger partial charge on any atom is 0.0631 e. The van der Waals surface area contributed by atoms with Gasteiger partial charge >= 0.3 is 0 Å². The van der Waals surface area contributed by atoms with E-state index in [2.05, 4.69) is 17.2 Å². The van der Waals surface area contributed by atoms with Crippen molar-refractivity contribution >= 4 is 11.6 Å². The van der Waals surface area contributed by atoms with Crippen LogP contribution < -0.4 is 0 Å². The van der Waals surface area contributed by atoms with E-state index in [0.29, 0.717) is 11.8 Å². The van der Waals surface area contributed by atoms with E-state index >= 15 is 0 Å². The van der Waals surface area contributed by atoms with Crippen molar-refractivity contribution in [2.45, 2.75) is 12.3 Å². The summed E-state index contributed by atoms with van der Waals surface area (Å²) in [5, 5.41) is 4.38. The zero-order valence-electron chi connectivity index (χ0n) is 9.31. The lowest BCUT2D eigenvalue weighted by Crippen LogP contribution is -2.05. The maximum atomic E-state index is 6.02. The monoisotopic (exact) mass is 234 g/mol. The van der Waals surface area contributed by atoms with Gasteiger partial charge in [-0.3, -0.25) is 4.68 Å². The van der Waals surface area contributed by atoms with Crippen LogP contribution in [-0.2, 0) is 13.5 Å². The second-order valence-electron chi connectivity index (χ2n) is 3.95. The number of nitrogens with zero attached hydrogens (tertiary/aromatic N) is 2. The lowest BCUT2D eigenvalue weighted by atomic mass is 9.96. The van der Waals surface area contributed by atoms with Crippen molar-refractivity contribution in [3.05, 3.63) is 53.9 Å². The van der Waals surface area contributed by atoms with Crippen LogP contribution in [0.25, 0.3) is 0 Å². The number of aromatic nitrogens is 2. The van der Waals surface area contributed by atoms with Gasteiger partial charge in [0.2, 0.25) is 0 Å². The van der Waals surface area contributed by atoms with Crippen LogP contribution in [0.4, 0.5) is 0 Å². The van der Waals surface area contributed by atoms with Crippen molar-refractivity contribution in [1.29, 1.82) is 0 Å². The standard InChI is InChI=1S/C13H15ClN2/c1-16-8-7-13(15-16)9-12(10-14)11-5-3-2-4-6-11/h2-8,12H,9-10H2,1H3. The highest BCUT2D eigenvalue weighted by Crippen LogP contribution is 2.21. The predicted octanol–water partition coefficient (Wildman–Crippen LogP) is 2.99. The molecule has 0 saturated heterocycles. The topological polar surface area (TPSA) is 17.8 Å². The molecule has 0 saturated carbocycles. The van der Waals surface area contributed by atoms with E-state index < -0.39 is 0 Å². The van der Waals surface area contributed by atoms with Crippen LogP contribution >= 0.6 is 11.6 Å². The first-order valence-corrected chi connectivity index (χ1v) is 5.92. The first-order chi connectivity index (χ1) is 7.79. The average Bonchev–Trinajstić information content (AvgIpc) is 2.73. The van der Waals surface area contributed by atoms with Crippen LogP contribution in [0.15, 0.2) is 42.6 Å². The fourth-order valence-corrected chi connectivity index (χ4v) is 2.10. The summed E-state index contributed by atoms with van der Waals surface area (Å²) in [5.74, 6) is 0.971. The Kier molecular flexibility index (Phi) is 3.62. The molecular formula is C13H15ClN2. The molecular weight excluding hydrogens is 220 g/mol. The summed E-state index contributed by atoms with van der Waals surface area (Å²) >= 11 is 6.02. The zero-order chi connectivity index (χ0) is 11.4. The number of halogens is 1. The third-order valence-electron chi connectivity index (χ3n) is 2.68. The molecule has 0 spiro atoms. The second kappa shape index (κ2) is 5.17. The van der Waals surface area contributed by atoms with Crippen molar-refractivity contribution in [3.8, 4) is 0 Å². The van der Waals surface area contributed by atoms with Gasteiger partial charge in [0, 0.05) is 25.0 Å². The summed E-state index contributed by atoms with van der Waals surface area (Å²) in [6.45, 7) is 0. The van der Waals surface area contributed by atoms with Crippen LogP contribution in [0.3, 0.4) is 0 Å². The van der Waals surface area contributed by atoms with E-state index in [1.54, 1.807) is 0 Å². The van der Waals surface area contributed by atoms with E-state index in [4.69, 9.17) is 11.6 Å². The van der Waals surface area contributed by atoms with Crippen LogP contribution in [0.1, 0.15) is 17.2 Å². The number of hydrogen-bond donors (Lipinski definition) is 0. The molecule has 1 aromatic carbocycles. The number of hydrogen-bond acceptors (Lipinski definition) is 1. The molecule has 0 aliphatic rings. The molecule has 2 rings (SSSR count). The van der Waals surface area contributed by atoms with Gasteiger partial charge in [-0.1, -0.05) is 30.3 Å². The number of alkyl halides is 1. The first-order valence-electron chi connectivity index (χ1n) is 5.39. The minimum Gasteiger partial charge on any atom is -0.276 e. The Morgan fingerprint density at radius 1 is 1.25 bits per heavy atom. The van der Waals surface area contributed by atoms with Crippen molar-refractivity contribution in [2.75, 3.05) is 5.88 Å². The molecule has 16 heavy (non-hydrogen) atoms. The Labute approximate surface area is 101 Å². The maximum absolute atomic E-state index is 6.02. The smallest absolute Gasteiger partial charge is 0.0631 e. The number of aryl methyl sites for hydroxylation is 1. The van der Waals surface area contributed by atoms with E-state index in [1.807, 2.05) is 42.2 Å². The number of rotatable bonds is 4. The normalized spacial score (nSPS) is 12.6. The predicted molar refractivity (Wildman–Crippen MR) is 66.8 cm³/mol. The largest absolute Gasteiger partial charge is 0.276 e. The highest BCUT2D eigenvalue weighted by molar-refractivity contribution is 6.18. The Bertz CT molecular complexity index is 436. The third-order valence-corrected chi connectivity index (χ3v) is 3.05. The molecule has 0 N–H and O–H groups in total. The molecule has 0 fully saturated rings. The van der Waals surface area contributed by atoms with E-state index in [0.717, 1.165) is 12.1 Å². The molecule has 1 heterocycles. The van der Waals surface area contributed by atoms with Crippen molar-refractivity contribution in [2.24, 2.45) is 7.05 Å². The summed E-state index contributed by atoms with van der Waals surface area (Å²) in [7, 11) is 1.93. The minimum absolute atomic E-state index is 0.345. The highest BCUT2D eigenvalue weighted by atomic mass is 35.5. The second-order valence-corrected chi connectivity index (χ2v) is 4.26. The Balaban J connectivity index is 2.12. The SMILES string of the molecule is Cn1ccc(CC(CCl)c2ccccc2)n1. The summed E-state index contributed by atoms with van der Waals surface area (Å²) in [4.78, 5) is 0. The molecule has 2 aromatic rings. The van der Waals surface area contributed by atoms with Gasteiger partial charge in [0.15, 0.2) is 0 Å². The molecule has 84 valence electrons. The molecule has 0 bridgehead atoms. The highest BCUT2D eigenvalue weighted by Gasteiger charge is 2.12. The van der Waals surface area contributed by atoms with Crippen LogP contribution in [0, 0.1) is 0 Å². The van der Waals surface area contributed by atoms with E-state index in [9.17, 15) is 0 Å². The van der Waals surface area contributed by atoms with Crippen LogP contribution in [0.2, 0.25) is 0 Å². The fourth-order valence-electron chi connectivity index (χ4n) is 1.81. The molecule has 2 nitrogen and oxygen atoms in total. The van der Waals surface area contributed by atoms with Gasteiger partial charge in [0.05, 0.1) is 5.69 Å². The molecule has 0 amide bonds. The van der Waals surface area contributed by atoms with Gasteiger partial charge in [-0.05, 0) is 18.1 Å². The minimum atomic E-state index is 0.345. The molecule has 0 aliphatic carbocycles. The lowest BCUT2D eigenvalue weighted by molar-refractivity contribution is 0.698.